The Morgan fingerprint density at radius 1 is 1.60 bits per heavy atom. The first-order valence-electron chi connectivity index (χ1n) is 4.52. The lowest BCUT2D eigenvalue weighted by Crippen LogP contribution is -2.17. The average Bonchev–Trinajstić information content (AvgIpc) is 2.16. The average molecular weight is 210 g/mol. The molecule has 0 spiro atoms. The van der Waals surface area contributed by atoms with Crippen LogP contribution in [0.2, 0.25) is 0 Å². The fourth-order valence-electron chi connectivity index (χ4n) is 1.02. The molecule has 6 heteroatoms. The van der Waals surface area contributed by atoms with Gasteiger partial charge in [0.2, 0.25) is 0 Å². The molecule has 82 valence electrons. The fourth-order valence-corrected chi connectivity index (χ4v) is 1.02. The standard InChI is InChI=1S/C9H14N4O2/c1-5(2)15-9-11-4-7(6(3)12-9)8(10)13-14/h4-5,14H,1-3H3,(H2,10,13). The Morgan fingerprint density at radius 2 is 2.27 bits per heavy atom. The molecular formula is C9H14N4O2. The fraction of sp³-hybridized carbons (Fsp3) is 0.444. The van der Waals surface area contributed by atoms with Gasteiger partial charge in [-0.3, -0.25) is 0 Å². The molecule has 3 N–H and O–H groups in total. The molecule has 0 aliphatic carbocycles. The van der Waals surface area contributed by atoms with Gasteiger partial charge in [-0.25, -0.2) is 4.98 Å². The van der Waals surface area contributed by atoms with Gasteiger partial charge in [0.15, 0.2) is 5.84 Å². The summed E-state index contributed by atoms with van der Waals surface area (Å²) in [6, 6.07) is 0.289. The Balaban J connectivity index is 2.98. The van der Waals surface area contributed by atoms with Gasteiger partial charge in [0.25, 0.3) is 0 Å². The van der Waals surface area contributed by atoms with Gasteiger partial charge in [0.1, 0.15) is 0 Å². The summed E-state index contributed by atoms with van der Waals surface area (Å²) in [5.41, 5.74) is 6.53. The molecule has 0 amide bonds. The van der Waals surface area contributed by atoms with Crippen molar-refractivity contribution in [1.82, 2.24) is 9.97 Å². The van der Waals surface area contributed by atoms with Crippen molar-refractivity contribution in [3.8, 4) is 6.01 Å². The van der Waals surface area contributed by atoms with Gasteiger partial charge in [0, 0.05) is 6.20 Å². The summed E-state index contributed by atoms with van der Waals surface area (Å²) in [6.07, 6.45) is 1.48. The topological polar surface area (TPSA) is 93.6 Å². The second-order valence-corrected chi connectivity index (χ2v) is 3.30. The van der Waals surface area contributed by atoms with Crippen LogP contribution in [0, 0.1) is 6.92 Å². The predicted molar refractivity (Wildman–Crippen MR) is 55.0 cm³/mol. The molecule has 0 radical (unpaired) electrons. The third-order valence-corrected chi connectivity index (χ3v) is 1.68. The summed E-state index contributed by atoms with van der Waals surface area (Å²) in [4.78, 5) is 8.02. The van der Waals surface area contributed by atoms with Crippen LogP contribution in [0.5, 0.6) is 6.01 Å². The minimum absolute atomic E-state index is 0.0106. The van der Waals surface area contributed by atoms with Crippen molar-refractivity contribution in [3.05, 3.63) is 17.5 Å². The molecule has 0 unspecified atom stereocenters. The van der Waals surface area contributed by atoms with Crippen molar-refractivity contribution in [2.45, 2.75) is 26.9 Å². The number of amidine groups is 1. The van der Waals surface area contributed by atoms with Crippen molar-refractivity contribution in [2.75, 3.05) is 0 Å². The van der Waals surface area contributed by atoms with E-state index in [-0.39, 0.29) is 18.0 Å². The molecule has 1 aromatic rings. The summed E-state index contributed by atoms with van der Waals surface area (Å²) in [5.74, 6) is -0.0106. The maximum atomic E-state index is 8.50. The largest absolute Gasteiger partial charge is 0.461 e. The monoisotopic (exact) mass is 210 g/mol. The SMILES string of the molecule is Cc1nc(OC(C)C)ncc1/C(N)=N\O. The van der Waals surface area contributed by atoms with Crippen LogP contribution in [0.15, 0.2) is 11.4 Å². The van der Waals surface area contributed by atoms with E-state index in [0.717, 1.165) is 0 Å². The number of rotatable bonds is 3. The Morgan fingerprint density at radius 3 is 2.73 bits per heavy atom. The summed E-state index contributed by atoms with van der Waals surface area (Å²) in [6.45, 7) is 5.51. The minimum Gasteiger partial charge on any atom is -0.461 e. The summed E-state index contributed by atoms with van der Waals surface area (Å²) >= 11 is 0. The number of nitrogens with two attached hydrogens (primary N) is 1. The van der Waals surface area contributed by atoms with Gasteiger partial charge in [-0.05, 0) is 20.8 Å². The number of nitrogens with zero attached hydrogens (tertiary/aromatic N) is 3. The first-order valence-corrected chi connectivity index (χ1v) is 4.52. The highest BCUT2D eigenvalue weighted by molar-refractivity contribution is 5.97. The van der Waals surface area contributed by atoms with Gasteiger partial charge in [0.05, 0.1) is 17.4 Å². The molecule has 1 rings (SSSR count). The van der Waals surface area contributed by atoms with E-state index in [1.165, 1.54) is 6.20 Å². The molecule has 0 saturated heterocycles. The summed E-state index contributed by atoms with van der Waals surface area (Å²) < 4.78 is 5.30. The third kappa shape index (κ3) is 2.80. The number of aromatic nitrogens is 2. The Bertz CT molecular complexity index is 376. The summed E-state index contributed by atoms with van der Waals surface area (Å²) in [7, 11) is 0. The second-order valence-electron chi connectivity index (χ2n) is 3.30. The van der Waals surface area contributed by atoms with Crippen LogP contribution in [-0.2, 0) is 0 Å². The van der Waals surface area contributed by atoms with E-state index in [1.54, 1.807) is 6.92 Å². The number of hydrogen-bond donors (Lipinski definition) is 2. The third-order valence-electron chi connectivity index (χ3n) is 1.68. The number of hydrogen-bond acceptors (Lipinski definition) is 5. The van der Waals surface area contributed by atoms with Crippen LogP contribution in [-0.4, -0.2) is 27.1 Å². The lowest BCUT2D eigenvalue weighted by Gasteiger charge is -2.09. The minimum atomic E-state index is -0.0106. The van der Waals surface area contributed by atoms with Gasteiger partial charge in [-0.15, -0.1) is 0 Å². The molecule has 15 heavy (non-hydrogen) atoms. The van der Waals surface area contributed by atoms with Gasteiger partial charge < -0.3 is 15.7 Å². The van der Waals surface area contributed by atoms with Crippen molar-refractivity contribution in [2.24, 2.45) is 10.9 Å². The quantitative estimate of drug-likeness (QED) is 0.331. The molecule has 0 fully saturated rings. The van der Waals surface area contributed by atoms with E-state index in [1.807, 2.05) is 13.8 Å². The molecule has 0 saturated carbocycles. The van der Waals surface area contributed by atoms with Crippen LogP contribution >= 0.6 is 0 Å². The Hall–Kier alpha value is -1.85. The zero-order valence-electron chi connectivity index (χ0n) is 8.93. The lowest BCUT2D eigenvalue weighted by atomic mass is 10.2. The van der Waals surface area contributed by atoms with E-state index in [9.17, 15) is 0 Å². The van der Waals surface area contributed by atoms with Crippen LogP contribution in [0.3, 0.4) is 0 Å². The smallest absolute Gasteiger partial charge is 0.316 e. The Labute approximate surface area is 87.8 Å². The highest BCUT2D eigenvalue weighted by atomic mass is 16.5. The number of aryl methyl sites for hydroxylation is 1. The molecule has 1 heterocycles. The molecule has 0 aliphatic heterocycles. The predicted octanol–water partition coefficient (Wildman–Crippen LogP) is 0.667. The van der Waals surface area contributed by atoms with Crippen LogP contribution < -0.4 is 10.5 Å². The first kappa shape index (κ1) is 11.2. The maximum Gasteiger partial charge on any atom is 0.316 e. The molecule has 0 aromatic carbocycles. The van der Waals surface area contributed by atoms with E-state index in [4.69, 9.17) is 15.7 Å². The van der Waals surface area contributed by atoms with Gasteiger partial charge >= 0.3 is 6.01 Å². The number of ether oxygens (including phenoxy) is 1. The highest BCUT2D eigenvalue weighted by Gasteiger charge is 2.08. The van der Waals surface area contributed by atoms with Crippen molar-refractivity contribution in [1.29, 1.82) is 0 Å². The van der Waals surface area contributed by atoms with E-state index >= 15 is 0 Å². The second kappa shape index (κ2) is 4.59. The molecule has 0 bridgehead atoms. The maximum absolute atomic E-state index is 8.50. The lowest BCUT2D eigenvalue weighted by molar-refractivity contribution is 0.221. The molecule has 0 atom stereocenters. The van der Waals surface area contributed by atoms with Crippen LogP contribution in [0.1, 0.15) is 25.1 Å². The van der Waals surface area contributed by atoms with E-state index in [0.29, 0.717) is 11.3 Å². The molecule has 0 aliphatic rings. The zero-order valence-corrected chi connectivity index (χ0v) is 8.93. The van der Waals surface area contributed by atoms with Crippen molar-refractivity contribution < 1.29 is 9.94 Å². The highest BCUT2D eigenvalue weighted by Crippen LogP contribution is 2.09. The zero-order chi connectivity index (χ0) is 11.4. The van der Waals surface area contributed by atoms with Crippen LogP contribution in [0.4, 0.5) is 0 Å². The summed E-state index contributed by atoms with van der Waals surface area (Å²) in [5, 5.41) is 11.4. The van der Waals surface area contributed by atoms with E-state index in [2.05, 4.69) is 15.1 Å². The van der Waals surface area contributed by atoms with Crippen molar-refractivity contribution >= 4 is 5.84 Å². The molecular weight excluding hydrogens is 196 g/mol. The Kier molecular flexibility index (Phi) is 3.43. The van der Waals surface area contributed by atoms with E-state index < -0.39 is 0 Å². The molecule has 1 aromatic heterocycles. The van der Waals surface area contributed by atoms with Crippen molar-refractivity contribution in [3.63, 3.8) is 0 Å². The first-order chi connectivity index (χ1) is 7.04. The molecule has 6 nitrogen and oxygen atoms in total. The number of oxime groups is 1. The van der Waals surface area contributed by atoms with Crippen LogP contribution in [0.25, 0.3) is 0 Å². The van der Waals surface area contributed by atoms with Gasteiger partial charge in [-0.1, -0.05) is 5.16 Å². The normalized spacial score (nSPS) is 11.9. The van der Waals surface area contributed by atoms with Gasteiger partial charge in [-0.2, -0.15) is 4.98 Å².